The molecule has 0 fully saturated rings. The number of nitrogens with two attached hydrogens (primary N) is 1. The molecule has 0 rings (SSSR count). The highest BCUT2D eigenvalue weighted by molar-refractivity contribution is 4.67. The van der Waals surface area contributed by atoms with Gasteiger partial charge in [-0.25, -0.2) is 0 Å². The second kappa shape index (κ2) is 7.53. The number of hydrogen-bond donors (Lipinski definition) is 3. The lowest BCUT2D eigenvalue weighted by molar-refractivity contribution is 0.184. The van der Waals surface area contributed by atoms with Crippen LogP contribution in [0.15, 0.2) is 0 Å². The van der Waals surface area contributed by atoms with E-state index in [0.717, 1.165) is 25.8 Å². The fourth-order valence-corrected chi connectivity index (χ4v) is 1.24. The number of hydrogen-bond acceptors (Lipinski definition) is 3. The second-order valence-corrected chi connectivity index (χ2v) is 3.32. The molecule has 0 heterocycles. The van der Waals surface area contributed by atoms with E-state index in [1.165, 1.54) is 0 Å². The van der Waals surface area contributed by atoms with Gasteiger partial charge in [0, 0.05) is 12.6 Å². The van der Waals surface area contributed by atoms with Gasteiger partial charge in [0.25, 0.3) is 0 Å². The lowest BCUT2D eigenvalue weighted by Gasteiger charge is -2.18. The third-order valence-corrected chi connectivity index (χ3v) is 1.85. The van der Waals surface area contributed by atoms with Crippen LogP contribution in [0.5, 0.6) is 0 Å². The molecule has 3 nitrogen and oxygen atoms in total. The summed E-state index contributed by atoms with van der Waals surface area (Å²) in [5, 5.41) is 12.3. The Balaban J connectivity index is 3.48. The smallest absolute Gasteiger partial charge is 0.0636 e. The molecule has 12 heavy (non-hydrogen) atoms. The molecule has 74 valence electrons. The van der Waals surface area contributed by atoms with Crippen molar-refractivity contribution in [3.63, 3.8) is 0 Å². The number of rotatable bonds is 7. The van der Waals surface area contributed by atoms with Crippen molar-refractivity contribution >= 4 is 0 Å². The summed E-state index contributed by atoms with van der Waals surface area (Å²) >= 11 is 0. The van der Waals surface area contributed by atoms with Crippen molar-refractivity contribution in [2.45, 2.75) is 45.3 Å². The minimum Gasteiger partial charge on any atom is -0.392 e. The van der Waals surface area contributed by atoms with E-state index in [0.29, 0.717) is 12.6 Å². The van der Waals surface area contributed by atoms with Crippen molar-refractivity contribution in [3.05, 3.63) is 0 Å². The molecule has 0 saturated carbocycles. The van der Waals surface area contributed by atoms with Crippen molar-refractivity contribution in [3.8, 4) is 0 Å². The SMILES string of the molecule is CCCC(CCN)NCC(C)O. The summed E-state index contributed by atoms with van der Waals surface area (Å²) in [6.45, 7) is 5.34. The molecule has 0 aliphatic carbocycles. The van der Waals surface area contributed by atoms with Crippen LogP contribution in [0.4, 0.5) is 0 Å². The maximum atomic E-state index is 9.04. The van der Waals surface area contributed by atoms with Crippen LogP contribution in [0.25, 0.3) is 0 Å². The first kappa shape index (κ1) is 11.9. The van der Waals surface area contributed by atoms with E-state index in [2.05, 4.69) is 12.2 Å². The Morgan fingerprint density at radius 2 is 2.08 bits per heavy atom. The zero-order valence-electron chi connectivity index (χ0n) is 8.21. The van der Waals surface area contributed by atoms with Gasteiger partial charge in [-0.15, -0.1) is 0 Å². The fourth-order valence-electron chi connectivity index (χ4n) is 1.24. The molecule has 0 radical (unpaired) electrons. The summed E-state index contributed by atoms with van der Waals surface area (Å²) < 4.78 is 0. The van der Waals surface area contributed by atoms with Gasteiger partial charge >= 0.3 is 0 Å². The van der Waals surface area contributed by atoms with Crippen molar-refractivity contribution < 1.29 is 5.11 Å². The van der Waals surface area contributed by atoms with Gasteiger partial charge in [-0.1, -0.05) is 13.3 Å². The van der Waals surface area contributed by atoms with Crippen LogP contribution in [0.1, 0.15) is 33.1 Å². The zero-order chi connectivity index (χ0) is 9.40. The summed E-state index contributed by atoms with van der Waals surface area (Å²) in [5.74, 6) is 0. The minimum atomic E-state index is -0.262. The standard InChI is InChI=1S/C9H22N2O/c1-3-4-9(5-6-10)11-7-8(2)12/h8-9,11-12H,3-7,10H2,1-2H3. The van der Waals surface area contributed by atoms with E-state index < -0.39 is 0 Å². The first-order chi connectivity index (χ1) is 5.70. The molecular formula is C9H22N2O. The molecule has 3 heteroatoms. The molecule has 0 spiro atoms. The highest BCUT2D eigenvalue weighted by Crippen LogP contribution is 2.00. The second-order valence-electron chi connectivity index (χ2n) is 3.32. The topological polar surface area (TPSA) is 58.3 Å². The molecule has 0 aromatic heterocycles. The molecule has 0 aliphatic heterocycles. The van der Waals surface area contributed by atoms with Gasteiger partial charge in [0.2, 0.25) is 0 Å². The summed E-state index contributed by atoms with van der Waals surface area (Å²) in [6.07, 6.45) is 3.05. The predicted molar refractivity (Wildman–Crippen MR) is 52.1 cm³/mol. The number of aliphatic hydroxyl groups is 1. The van der Waals surface area contributed by atoms with E-state index >= 15 is 0 Å². The summed E-state index contributed by atoms with van der Waals surface area (Å²) in [4.78, 5) is 0. The molecule has 0 aliphatic rings. The van der Waals surface area contributed by atoms with E-state index in [-0.39, 0.29) is 6.10 Å². The van der Waals surface area contributed by atoms with Gasteiger partial charge < -0.3 is 16.2 Å². The van der Waals surface area contributed by atoms with Gasteiger partial charge in [0.1, 0.15) is 0 Å². The average Bonchev–Trinajstić information content (AvgIpc) is 2.01. The predicted octanol–water partition coefficient (Wildman–Crippen LogP) is 0.474. The van der Waals surface area contributed by atoms with Gasteiger partial charge in [0.15, 0.2) is 0 Å². The third-order valence-electron chi connectivity index (χ3n) is 1.85. The molecule has 2 unspecified atom stereocenters. The Morgan fingerprint density at radius 3 is 2.50 bits per heavy atom. The zero-order valence-corrected chi connectivity index (χ0v) is 8.21. The van der Waals surface area contributed by atoms with Gasteiger partial charge in [-0.2, -0.15) is 0 Å². The van der Waals surface area contributed by atoms with Crippen LogP contribution in [-0.2, 0) is 0 Å². The van der Waals surface area contributed by atoms with Crippen LogP contribution >= 0.6 is 0 Å². The van der Waals surface area contributed by atoms with Crippen LogP contribution in [0.3, 0.4) is 0 Å². The Kier molecular flexibility index (Phi) is 7.45. The van der Waals surface area contributed by atoms with Crippen LogP contribution in [0.2, 0.25) is 0 Å². The maximum absolute atomic E-state index is 9.04. The van der Waals surface area contributed by atoms with E-state index in [4.69, 9.17) is 10.8 Å². The molecule has 4 N–H and O–H groups in total. The number of nitrogens with one attached hydrogen (secondary N) is 1. The maximum Gasteiger partial charge on any atom is 0.0636 e. The number of aliphatic hydroxyl groups excluding tert-OH is 1. The Hall–Kier alpha value is -0.120. The quantitative estimate of drug-likeness (QED) is 0.526. The van der Waals surface area contributed by atoms with Crippen LogP contribution in [0, 0.1) is 0 Å². The summed E-state index contributed by atoms with van der Waals surface area (Å²) in [7, 11) is 0. The van der Waals surface area contributed by atoms with Crippen LogP contribution < -0.4 is 11.1 Å². The normalized spacial score (nSPS) is 16.0. The fraction of sp³-hybridized carbons (Fsp3) is 1.00. The Morgan fingerprint density at radius 1 is 1.42 bits per heavy atom. The third kappa shape index (κ3) is 6.58. The Bertz CT molecular complexity index is 90.5. The van der Waals surface area contributed by atoms with Crippen molar-refractivity contribution in [1.29, 1.82) is 0 Å². The molecule has 0 bridgehead atoms. The molecular weight excluding hydrogens is 152 g/mol. The highest BCUT2D eigenvalue weighted by Gasteiger charge is 2.06. The van der Waals surface area contributed by atoms with E-state index in [1.54, 1.807) is 6.92 Å². The van der Waals surface area contributed by atoms with Crippen LogP contribution in [-0.4, -0.2) is 30.3 Å². The average molecular weight is 174 g/mol. The monoisotopic (exact) mass is 174 g/mol. The lowest BCUT2D eigenvalue weighted by Crippen LogP contribution is -2.35. The molecule has 0 saturated heterocycles. The molecule has 0 amide bonds. The first-order valence-electron chi connectivity index (χ1n) is 4.82. The summed E-state index contributed by atoms with van der Waals surface area (Å²) in [5.41, 5.74) is 5.46. The van der Waals surface area contributed by atoms with Crippen molar-refractivity contribution in [2.75, 3.05) is 13.1 Å². The molecule has 0 aromatic rings. The van der Waals surface area contributed by atoms with E-state index in [1.807, 2.05) is 0 Å². The largest absolute Gasteiger partial charge is 0.392 e. The minimum absolute atomic E-state index is 0.262. The van der Waals surface area contributed by atoms with Gasteiger partial charge in [0.05, 0.1) is 6.10 Å². The van der Waals surface area contributed by atoms with Crippen molar-refractivity contribution in [2.24, 2.45) is 5.73 Å². The van der Waals surface area contributed by atoms with Gasteiger partial charge in [-0.05, 0) is 26.3 Å². The highest BCUT2D eigenvalue weighted by atomic mass is 16.3. The molecule has 0 aromatic carbocycles. The van der Waals surface area contributed by atoms with Crippen molar-refractivity contribution in [1.82, 2.24) is 5.32 Å². The first-order valence-corrected chi connectivity index (χ1v) is 4.82. The Labute approximate surface area is 75.3 Å². The summed E-state index contributed by atoms with van der Waals surface area (Å²) in [6, 6.07) is 0.481. The van der Waals surface area contributed by atoms with Gasteiger partial charge in [-0.3, -0.25) is 0 Å². The van der Waals surface area contributed by atoms with E-state index in [9.17, 15) is 0 Å². The molecule has 2 atom stereocenters. The lowest BCUT2D eigenvalue weighted by atomic mass is 10.1.